The Balaban J connectivity index is 0.00000220. The van der Waals surface area contributed by atoms with Crippen molar-refractivity contribution in [1.29, 1.82) is 0 Å². The van der Waals surface area contributed by atoms with Crippen molar-refractivity contribution < 1.29 is 22.7 Å². The van der Waals surface area contributed by atoms with Gasteiger partial charge < -0.3 is 10.1 Å². The highest BCUT2D eigenvalue weighted by Crippen LogP contribution is 2.26. The highest BCUT2D eigenvalue weighted by atomic mass is 35.5. The standard InChI is InChI=1S/C12H13F3N2O2S.ClH/c13-12(14,15)19-10-4-2-1-3-8(10)5-16-11(18)9-6-20-7-17-9;/h1-4,9,17H,5-7H2,(H,16,18);1H. The molecular formula is C12H14ClF3N2O2S. The number of rotatable bonds is 4. The molecule has 21 heavy (non-hydrogen) atoms. The number of carbonyl (C=O) groups excluding carboxylic acids is 1. The Kier molecular flexibility index (Phi) is 6.63. The van der Waals surface area contributed by atoms with Gasteiger partial charge in [0.05, 0.1) is 6.04 Å². The number of benzene rings is 1. The van der Waals surface area contributed by atoms with E-state index in [1.54, 1.807) is 17.8 Å². The maximum Gasteiger partial charge on any atom is 0.573 e. The first-order valence-electron chi connectivity index (χ1n) is 5.88. The maximum absolute atomic E-state index is 12.2. The molecule has 0 spiro atoms. The molecule has 2 N–H and O–H groups in total. The van der Waals surface area contributed by atoms with Crippen LogP contribution in [-0.4, -0.2) is 29.9 Å². The van der Waals surface area contributed by atoms with E-state index >= 15 is 0 Å². The molecule has 0 saturated carbocycles. The number of thioether (sulfide) groups is 1. The Hall–Kier alpha value is -1.12. The average molecular weight is 343 g/mol. The first kappa shape index (κ1) is 17.9. The van der Waals surface area contributed by atoms with Crippen molar-refractivity contribution in [2.24, 2.45) is 0 Å². The molecule has 0 bridgehead atoms. The molecule has 0 aliphatic carbocycles. The molecule has 1 unspecified atom stereocenters. The summed E-state index contributed by atoms with van der Waals surface area (Å²) in [5.41, 5.74) is 0.281. The van der Waals surface area contributed by atoms with E-state index in [-0.39, 0.29) is 42.2 Å². The van der Waals surface area contributed by atoms with Gasteiger partial charge in [-0.3, -0.25) is 10.1 Å². The van der Waals surface area contributed by atoms with Crippen LogP contribution in [0.1, 0.15) is 5.56 Å². The molecule has 0 aromatic heterocycles. The van der Waals surface area contributed by atoms with E-state index in [9.17, 15) is 18.0 Å². The monoisotopic (exact) mass is 342 g/mol. The van der Waals surface area contributed by atoms with Gasteiger partial charge in [0.15, 0.2) is 0 Å². The third kappa shape index (κ3) is 5.64. The maximum atomic E-state index is 12.2. The van der Waals surface area contributed by atoms with E-state index in [0.717, 1.165) is 0 Å². The van der Waals surface area contributed by atoms with E-state index in [2.05, 4.69) is 15.4 Å². The molecule has 1 aromatic carbocycles. The minimum absolute atomic E-state index is 0. The minimum Gasteiger partial charge on any atom is -0.405 e. The van der Waals surface area contributed by atoms with Crippen molar-refractivity contribution >= 4 is 30.1 Å². The van der Waals surface area contributed by atoms with Gasteiger partial charge in [-0.15, -0.1) is 37.3 Å². The molecule has 1 amide bonds. The zero-order valence-corrected chi connectivity index (χ0v) is 12.4. The molecule has 1 aromatic rings. The van der Waals surface area contributed by atoms with Gasteiger partial charge >= 0.3 is 6.36 Å². The number of hydrogen-bond acceptors (Lipinski definition) is 4. The molecular weight excluding hydrogens is 329 g/mol. The van der Waals surface area contributed by atoms with Crippen molar-refractivity contribution in [3.05, 3.63) is 29.8 Å². The summed E-state index contributed by atoms with van der Waals surface area (Å²) in [4.78, 5) is 11.8. The predicted molar refractivity (Wildman–Crippen MR) is 76.5 cm³/mol. The van der Waals surface area contributed by atoms with Crippen LogP contribution >= 0.6 is 24.2 Å². The summed E-state index contributed by atoms with van der Waals surface area (Å²) in [6.07, 6.45) is -4.75. The van der Waals surface area contributed by atoms with Gasteiger partial charge in [-0.1, -0.05) is 18.2 Å². The van der Waals surface area contributed by atoms with Gasteiger partial charge in [0, 0.05) is 23.7 Å². The third-order valence-corrected chi connectivity index (χ3v) is 3.62. The third-order valence-electron chi connectivity index (χ3n) is 2.68. The van der Waals surface area contributed by atoms with Crippen molar-refractivity contribution in [3.63, 3.8) is 0 Å². The summed E-state index contributed by atoms with van der Waals surface area (Å²) in [6, 6.07) is 5.45. The zero-order chi connectivity index (χ0) is 14.6. The van der Waals surface area contributed by atoms with Crippen molar-refractivity contribution in [1.82, 2.24) is 10.6 Å². The van der Waals surface area contributed by atoms with Crippen LogP contribution in [0.15, 0.2) is 24.3 Å². The molecule has 1 heterocycles. The largest absolute Gasteiger partial charge is 0.573 e. The quantitative estimate of drug-likeness (QED) is 0.881. The second kappa shape index (κ2) is 7.77. The van der Waals surface area contributed by atoms with Gasteiger partial charge in [-0.05, 0) is 6.07 Å². The number of hydrogen-bond donors (Lipinski definition) is 2. The van der Waals surface area contributed by atoms with Crippen LogP contribution in [0, 0.1) is 0 Å². The fraction of sp³-hybridized carbons (Fsp3) is 0.417. The number of ether oxygens (including phenoxy) is 1. The smallest absolute Gasteiger partial charge is 0.405 e. The normalized spacial score (nSPS) is 18.0. The second-order valence-corrected chi connectivity index (χ2v) is 5.18. The van der Waals surface area contributed by atoms with Crippen molar-refractivity contribution in [3.8, 4) is 5.75 Å². The number of nitrogens with one attached hydrogen (secondary N) is 2. The molecule has 1 atom stereocenters. The summed E-state index contributed by atoms with van der Waals surface area (Å²) in [5, 5.41) is 5.59. The van der Waals surface area contributed by atoms with Crippen LogP contribution < -0.4 is 15.4 Å². The molecule has 2 rings (SSSR count). The lowest BCUT2D eigenvalue weighted by molar-refractivity contribution is -0.274. The molecule has 9 heteroatoms. The number of para-hydroxylation sites is 1. The zero-order valence-electron chi connectivity index (χ0n) is 10.8. The average Bonchev–Trinajstić information content (AvgIpc) is 2.89. The van der Waals surface area contributed by atoms with Gasteiger partial charge in [-0.2, -0.15) is 0 Å². The number of alkyl halides is 3. The molecule has 0 radical (unpaired) electrons. The highest BCUT2D eigenvalue weighted by Gasteiger charge is 2.32. The summed E-state index contributed by atoms with van der Waals surface area (Å²) in [5.74, 6) is 0.837. The van der Waals surface area contributed by atoms with E-state index in [1.165, 1.54) is 18.2 Å². The molecule has 4 nitrogen and oxygen atoms in total. The van der Waals surface area contributed by atoms with Gasteiger partial charge in [0.2, 0.25) is 5.91 Å². The van der Waals surface area contributed by atoms with Crippen molar-refractivity contribution in [2.75, 3.05) is 11.6 Å². The molecule has 1 fully saturated rings. The molecule has 1 saturated heterocycles. The first-order valence-corrected chi connectivity index (χ1v) is 7.03. The first-order chi connectivity index (χ1) is 9.46. The lowest BCUT2D eigenvalue weighted by Gasteiger charge is -2.15. The van der Waals surface area contributed by atoms with Gasteiger partial charge in [-0.25, -0.2) is 0 Å². The van der Waals surface area contributed by atoms with E-state index < -0.39 is 6.36 Å². The Bertz CT molecular complexity index is 482. The highest BCUT2D eigenvalue weighted by molar-refractivity contribution is 7.99. The Morgan fingerprint density at radius 2 is 2.14 bits per heavy atom. The summed E-state index contributed by atoms with van der Waals surface area (Å²) < 4.78 is 40.7. The number of amides is 1. The molecule has 1 aliphatic rings. The van der Waals surface area contributed by atoms with E-state index in [1.807, 2.05) is 0 Å². The van der Waals surface area contributed by atoms with Crippen LogP contribution in [-0.2, 0) is 11.3 Å². The molecule has 118 valence electrons. The Morgan fingerprint density at radius 3 is 2.76 bits per heavy atom. The summed E-state index contributed by atoms with van der Waals surface area (Å²) in [6.45, 7) is -0.00602. The van der Waals surface area contributed by atoms with Crippen molar-refractivity contribution in [2.45, 2.75) is 18.9 Å². The van der Waals surface area contributed by atoms with Crippen LogP contribution in [0.4, 0.5) is 13.2 Å². The fourth-order valence-electron chi connectivity index (χ4n) is 1.74. The lowest BCUT2D eigenvalue weighted by Crippen LogP contribution is -2.41. The van der Waals surface area contributed by atoms with Crippen LogP contribution in [0.2, 0.25) is 0 Å². The fourth-order valence-corrected chi connectivity index (χ4v) is 2.69. The Morgan fingerprint density at radius 1 is 1.43 bits per heavy atom. The summed E-state index contributed by atoms with van der Waals surface area (Å²) >= 11 is 1.60. The minimum atomic E-state index is -4.75. The van der Waals surface area contributed by atoms with E-state index in [0.29, 0.717) is 11.6 Å². The Labute approximate surface area is 130 Å². The number of carbonyl (C=O) groups is 1. The lowest BCUT2D eigenvalue weighted by atomic mass is 10.2. The SMILES string of the molecule is Cl.O=C(NCc1ccccc1OC(F)(F)F)C1CSCN1. The molecule has 1 aliphatic heterocycles. The summed E-state index contributed by atoms with van der Waals surface area (Å²) in [7, 11) is 0. The topological polar surface area (TPSA) is 50.4 Å². The van der Waals surface area contributed by atoms with Crippen LogP contribution in [0.25, 0.3) is 0 Å². The van der Waals surface area contributed by atoms with Gasteiger partial charge in [0.25, 0.3) is 0 Å². The second-order valence-electron chi connectivity index (χ2n) is 4.15. The predicted octanol–water partition coefficient (Wildman–Crippen LogP) is 2.29. The van der Waals surface area contributed by atoms with Gasteiger partial charge in [0.1, 0.15) is 5.75 Å². The van der Waals surface area contributed by atoms with Crippen LogP contribution in [0.3, 0.4) is 0 Å². The van der Waals surface area contributed by atoms with Crippen LogP contribution in [0.5, 0.6) is 5.75 Å². The van der Waals surface area contributed by atoms with E-state index in [4.69, 9.17) is 0 Å². The number of halogens is 4.